The molecule has 0 spiro atoms. The maximum absolute atomic E-state index is 12.7. The number of amides is 1. The predicted molar refractivity (Wildman–Crippen MR) is 104 cm³/mol. The fraction of sp³-hybridized carbons (Fsp3) is 0.350. The monoisotopic (exact) mass is 432 g/mol. The SMILES string of the molecule is CCOC(=O)C1CCCN(C(=O)c2ccc(Oc3ccc(Br)cc3)nc2)C1. The van der Waals surface area contributed by atoms with E-state index in [0.29, 0.717) is 36.9 Å². The highest BCUT2D eigenvalue weighted by atomic mass is 79.9. The number of nitrogens with zero attached hydrogens (tertiary/aromatic N) is 2. The zero-order valence-electron chi connectivity index (χ0n) is 15.1. The summed E-state index contributed by atoms with van der Waals surface area (Å²) in [7, 11) is 0. The van der Waals surface area contributed by atoms with Crippen molar-refractivity contribution in [2.75, 3.05) is 19.7 Å². The molecule has 1 unspecified atom stereocenters. The smallest absolute Gasteiger partial charge is 0.310 e. The van der Waals surface area contributed by atoms with Gasteiger partial charge in [0.1, 0.15) is 5.75 Å². The van der Waals surface area contributed by atoms with Gasteiger partial charge in [0, 0.05) is 29.8 Å². The summed E-state index contributed by atoms with van der Waals surface area (Å²) in [5.41, 5.74) is 0.475. The standard InChI is InChI=1S/C20H21BrN2O4/c1-2-26-20(25)15-4-3-11-23(13-15)19(24)14-5-10-18(22-12-14)27-17-8-6-16(21)7-9-17/h5-10,12,15H,2-4,11,13H2,1H3. The molecule has 0 N–H and O–H groups in total. The second kappa shape index (κ2) is 8.99. The first-order chi connectivity index (χ1) is 13.1. The fourth-order valence-corrected chi connectivity index (χ4v) is 3.25. The van der Waals surface area contributed by atoms with Gasteiger partial charge in [-0.15, -0.1) is 0 Å². The first kappa shape index (κ1) is 19.4. The van der Waals surface area contributed by atoms with Gasteiger partial charge in [-0.05, 0) is 50.1 Å². The Kier molecular flexibility index (Phi) is 6.45. The Morgan fingerprint density at radius 2 is 2.00 bits per heavy atom. The van der Waals surface area contributed by atoms with Gasteiger partial charge in [-0.2, -0.15) is 0 Å². The van der Waals surface area contributed by atoms with E-state index in [1.165, 1.54) is 6.20 Å². The highest BCUT2D eigenvalue weighted by molar-refractivity contribution is 9.10. The average molecular weight is 433 g/mol. The number of carbonyl (C=O) groups excluding carboxylic acids is 2. The Bertz CT molecular complexity index is 793. The molecule has 2 heterocycles. The molecule has 0 aliphatic carbocycles. The summed E-state index contributed by atoms with van der Waals surface area (Å²) >= 11 is 3.37. The first-order valence-corrected chi connectivity index (χ1v) is 9.71. The van der Waals surface area contributed by atoms with Crippen molar-refractivity contribution in [3.05, 3.63) is 52.6 Å². The summed E-state index contributed by atoms with van der Waals surface area (Å²) in [4.78, 5) is 30.6. The fourth-order valence-electron chi connectivity index (χ4n) is 2.99. The third kappa shape index (κ3) is 5.07. The maximum Gasteiger partial charge on any atom is 0.310 e. The number of aromatic nitrogens is 1. The van der Waals surface area contributed by atoms with E-state index >= 15 is 0 Å². The van der Waals surface area contributed by atoms with Crippen molar-refractivity contribution in [3.63, 3.8) is 0 Å². The van der Waals surface area contributed by atoms with Gasteiger partial charge in [-0.3, -0.25) is 9.59 Å². The Morgan fingerprint density at radius 3 is 2.67 bits per heavy atom. The molecule has 1 aromatic heterocycles. The molecular weight excluding hydrogens is 412 g/mol. The van der Waals surface area contributed by atoms with Crippen LogP contribution in [0, 0.1) is 5.92 Å². The zero-order chi connectivity index (χ0) is 19.2. The minimum absolute atomic E-state index is 0.133. The van der Waals surface area contributed by atoms with Gasteiger partial charge < -0.3 is 14.4 Å². The third-order valence-electron chi connectivity index (χ3n) is 4.35. The van der Waals surface area contributed by atoms with Gasteiger partial charge in [0.15, 0.2) is 0 Å². The second-order valence-corrected chi connectivity index (χ2v) is 7.20. The van der Waals surface area contributed by atoms with Gasteiger partial charge >= 0.3 is 5.97 Å². The Labute approximate surface area is 166 Å². The van der Waals surface area contributed by atoms with Gasteiger partial charge in [0.05, 0.1) is 18.1 Å². The molecule has 1 fully saturated rings. The van der Waals surface area contributed by atoms with Crippen LogP contribution in [0.4, 0.5) is 0 Å². The van der Waals surface area contributed by atoms with Gasteiger partial charge in [-0.25, -0.2) is 4.98 Å². The number of ether oxygens (including phenoxy) is 2. The van der Waals surface area contributed by atoms with Crippen molar-refractivity contribution < 1.29 is 19.1 Å². The van der Waals surface area contributed by atoms with E-state index in [-0.39, 0.29) is 17.8 Å². The molecule has 27 heavy (non-hydrogen) atoms. The molecule has 3 rings (SSSR count). The lowest BCUT2D eigenvalue weighted by Crippen LogP contribution is -2.42. The normalized spacial score (nSPS) is 16.7. The van der Waals surface area contributed by atoms with Crippen molar-refractivity contribution in [2.45, 2.75) is 19.8 Å². The molecule has 1 saturated heterocycles. The van der Waals surface area contributed by atoms with Crippen LogP contribution in [-0.4, -0.2) is 41.5 Å². The van der Waals surface area contributed by atoms with Crippen LogP contribution in [0.1, 0.15) is 30.1 Å². The third-order valence-corrected chi connectivity index (χ3v) is 4.88. The van der Waals surface area contributed by atoms with Gasteiger partial charge in [0.25, 0.3) is 5.91 Å². The number of pyridine rings is 1. The molecule has 1 aliphatic heterocycles. The molecule has 0 saturated carbocycles. The highest BCUT2D eigenvalue weighted by Crippen LogP contribution is 2.23. The number of benzene rings is 1. The molecule has 1 aliphatic rings. The van der Waals surface area contributed by atoms with Crippen LogP contribution in [0.25, 0.3) is 0 Å². The lowest BCUT2D eigenvalue weighted by Gasteiger charge is -2.31. The van der Waals surface area contributed by atoms with Gasteiger partial charge in [0.2, 0.25) is 5.88 Å². The molecule has 0 bridgehead atoms. The van der Waals surface area contributed by atoms with E-state index in [2.05, 4.69) is 20.9 Å². The summed E-state index contributed by atoms with van der Waals surface area (Å²) in [5.74, 6) is 0.462. The maximum atomic E-state index is 12.7. The number of likely N-dealkylation sites (tertiary alicyclic amines) is 1. The molecular formula is C20H21BrN2O4. The van der Waals surface area contributed by atoms with Crippen LogP contribution in [0.15, 0.2) is 47.1 Å². The van der Waals surface area contributed by atoms with E-state index in [1.54, 1.807) is 24.0 Å². The summed E-state index contributed by atoms with van der Waals surface area (Å²) in [6.07, 6.45) is 3.04. The molecule has 1 amide bonds. The minimum atomic E-state index is -0.254. The molecule has 2 aromatic rings. The van der Waals surface area contributed by atoms with Crippen molar-refractivity contribution in [1.82, 2.24) is 9.88 Å². The summed E-state index contributed by atoms with van der Waals surface area (Å²) in [6.45, 7) is 3.15. The van der Waals surface area contributed by atoms with Gasteiger partial charge in [-0.1, -0.05) is 15.9 Å². The topological polar surface area (TPSA) is 68.7 Å². The number of carbonyl (C=O) groups is 2. The molecule has 0 radical (unpaired) electrons. The van der Waals surface area contributed by atoms with Crippen molar-refractivity contribution in [1.29, 1.82) is 0 Å². The Balaban J connectivity index is 1.63. The number of esters is 1. The summed E-state index contributed by atoms with van der Waals surface area (Å²) in [6, 6.07) is 10.8. The molecule has 6 nitrogen and oxygen atoms in total. The number of hydrogen-bond donors (Lipinski definition) is 0. The number of rotatable bonds is 5. The average Bonchev–Trinajstić information content (AvgIpc) is 2.70. The van der Waals surface area contributed by atoms with Crippen LogP contribution >= 0.6 is 15.9 Å². The van der Waals surface area contributed by atoms with Crippen molar-refractivity contribution >= 4 is 27.8 Å². The zero-order valence-corrected chi connectivity index (χ0v) is 16.6. The van der Waals surface area contributed by atoms with E-state index in [0.717, 1.165) is 17.3 Å². The number of halogens is 1. The van der Waals surface area contributed by atoms with E-state index in [4.69, 9.17) is 9.47 Å². The van der Waals surface area contributed by atoms with Crippen molar-refractivity contribution in [2.24, 2.45) is 5.92 Å². The lowest BCUT2D eigenvalue weighted by molar-refractivity contribution is -0.149. The highest BCUT2D eigenvalue weighted by Gasteiger charge is 2.29. The predicted octanol–water partition coefficient (Wildman–Crippen LogP) is 4.05. The van der Waals surface area contributed by atoms with E-state index in [1.807, 2.05) is 24.3 Å². The van der Waals surface area contributed by atoms with Crippen molar-refractivity contribution in [3.8, 4) is 11.6 Å². The quantitative estimate of drug-likeness (QED) is 0.666. The summed E-state index contributed by atoms with van der Waals surface area (Å²) in [5, 5.41) is 0. The Hall–Kier alpha value is -2.41. The molecule has 7 heteroatoms. The molecule has 142 valence electrons. The van der Waals surface area contributed by atoms with Crippen LogP contribution in [-0.2, 0) is 9.53 Å². The number of hydrogen-bond acceptors (Lipinski definition) is 5. The molecule has 1 atom stereocenters. The van der Waals surface area contributed by atoms with Crippen LogP contribution in [0.3, 0.4) is 0 Å². The largest absolute Gasteiger partial charge is 0.466 e. The first-order valence-electron chi connectivity index (χ1n) is 8.92. The Morgan fingerprint density at radius 1 is 1.22 bits per heavy atom. The van der Waals surface area contributed by atoms with Crippen LogP contribution in [0.2, 0.25) is 0 Å². The summed E-state index contributed by atoms with van der Waals surface area (Å²) < 4.78 is 11.7. The molecule has 1 aromatic carbocycles. The van der Waals surface area contributed by atoms with Crippen LogP contribution < -0.4 is 4.74 Å². The minimum Gasteiger partial charge on any atom is -0.466 e. The van der Waals surface area contributed by atoms with E-state index < -0.39 is 0 Å². The second-order valence-electron chi connectivity index (χ2n) is 6.28. The van der Waals surface area contributed by atoms with E-state index in [9.17, 15) is 9.59 Å². The van der Waals surface area contributed by atoms with Crippen LogP contribution in [0.5, 0.6) is 11.6 Å². The lowest BCUT2D eigenvalue weighted by atomic mass is 9.97. The number of piperidine rings is 1.